The number of carbonyl (C=O) groups is 1. The number of hydrogen-bond donors (Lipinski definition) is 1. The van der Waals surface area contributed by atoms with E-state index in [1.165, 1.54) is 23.5 Å². The molecular formula is C23H27FN4O2S. The first-order chi connectivity index (χ1) is 14.9. The van der Waals surface area contributed by atoms with Crippen molar-refractivity contribution in [3.63, 3.8) is 0 Å². The summed E-state index contributed by atoms with van der Waals surface area (Å²) < 4.78 is 15.6. The van der Waals surface area contributed by atoms with Gasteiger partial charge in [0, 0.05) is 25.6 Å². The molecule has 0 radical (unpaired) electrons. The van der Waals surface area contributed by atoms with Gasteiger partial charge in [-0.15, -0.1) is 11.3 Å². The third-order valence-electron chi connectivity index (χ3n) is 5.63. The summed E-state index contributed by atoms with van der Waals surface area (Å²) in [6, 6.07) is 8.04. The smallest absolute Gasteiger partial charge is 0.273 e. The first kappa shape index (κ1) is 21.5. The third kappa shape index (κ3) is 4.79. The van der Waals surface area contributed by atoms with Crippen LogP contribution in [-0.4, -0.2) is 35.1 Å². The average Bonchev–Trinajstić information content (AvgIpc) is 3.24. The van der Waals surface area contributed by atoms with Gasteiger partial charge in [0.25, 0.3) is 5.56 Å². The molecule has 31 heavy (non-hydrogen) atoms. The number of thiophene rings is 1. The van der Waals surface area contributed by atoms with Crippen molar-refractivity contribution in [2.24, 2.45) is 11.8 Å². The van der Waals surface area contributed by atoms with Crippen molar-refractivity contribution in [3.05, 3.63) is 57.4 Å². The van der Waals surface area contributed by atoms with Crippen molar-refractivity contribution in [3.8, 4) is 0 Å². The molecule has 0 unspecified atom stereocenters. The molecule has 1 fully saturated rings. The lowest BCUT2D eigenvalue weighted by molar-refractivity contribution is -0.125. The molecule has 1 N–H and O–H groups in total. The Labute approximate surface area is 184 Å². The predicted molar refractivity (Wildman–Crippen MR) is 122 cm³/mol. The Morgan fingerprint density at radius 2 is 1.94 bits per heavy atom. The van der Waals surface area contributed by atoms with Gasteiger partial charge < -0.3 is 10.2 Å². The summed E-state index contributed by atoms with van der Waals surface area (Å²) in [7, 11) is 0. The van der Waals surface area contributed by atoms with Gasteiger partial charge in [-0.2, -0.15) is 0 Å². The highest BCUT2D eigenvalue weighted by atomic mass is 32.1. The van der Waals surface area contributed by atoms with Gasteiger partial charge in [-0.05, 0) is 47.9 Å². The molecule has 0 saturated carbocycles. The zero-order valence-corrected chi connectivity index (χ0v) is 18.6. The highest BCUT2D eigenvalue weighted by molar-refractivity contribution is 7.17. The summed E-state index contributed by atoms with van der Waals surface area (Å²) >= 11 is 1.38. The maximum atomic E-state index is 13.3. The van der Waals surface area contributed by atoms with E-state index >= 15 is 0 Å². The number of nitrogens with zero attached hydrogens (tertiary/aromatic N) is 3. The molecule has 4 rings (SSSR count). The molecule has 1 aromatic carbocycles. The molecule has 1 aliphatic heterocycles. The fraction of sp³-hybridized carbons (Fsp3) is 0.435. The van der Waals surface area contributed by atoms with E-state index in [2.05, 4.69) is 24.1 Å². The number of rotatable bonds is 6. The van der Waals surface area contributed by atoms with Crippen molar-refractivity contribution in [1.82, 2.24) is 14.9 Å². The fourth-order valence-electron chi connectivity index (χ4n) is 3.88. The number of fused-ring (bicyclic) bond motifs is 1. The van der Waals surface area contributed by atoms with Crippen LogP contribution in [0.2, 0.25) is 0 Å². The normalized spacial score (nSPS) is 15.0. The molecule has 0 spiro atoms. The van der Waals surface area contributed by atoms with Gasteiger partial charge in [-0.1, -0.05) is 26.0 Å². The van der Waals surface area contributed by atoms with E-state index in [-0.39, 0.29) is 23.2 Å². The van der Waals surface area contributed by atoms with E-state index in [1.807, 2.05) is 11.4 Å². The minimum atomic E-state index is -0.305. The first-order valence-corrected chi connectivity index (χ1v) is 11.6. The van der Waals surface area contributed by atoms with Crippen LogP contribution in [0, 0.1) is 17.7 Å². The molecule has 0 atom stereocenters. The molecule has 3 heterocycles. The number of halogens is 1. The Morgan fingerprint density at radius 3 is 2.61 bits per heavy atom. The quantitative estimate of drug-likeness (QED) is 0.633. The van der Waals surface area contributed by atoms with Crippen LogP contribution >= 0.6 is 11.3 Å². The second-order valence-corrected chi connectivity index (χ2v) is 9.38. The molecule has 2 aromatic heterocycles. The van der Waals surface area contributed by atoms with Crippen LogP contribution in [0.1, 0.15) is 32.3 Å². The number of anilines is 1. The second kappa shape index (κ2) is 9.18. The van der Waals surface area contributed by atoms with Crippen LogP contribution in [0.4, 0.5) is 10.3 Å². The zero-order chi connectivity index (χ0) is 22.0. The van der Waals surface area contributed by atoms with Gasteiger partial charge in [-0.3, -0.25) is 14.2 Å². The van der Waals surface area contributed by atoms with Gasteiger partial charge in [0.15, 0.2) is 0 Å². The third-order valence-corrected chi connectivity index (χ3v) is 6.52. The monoisotopic (exact) mass is 442 g/mol. The second-order valence-electron chi connectivity index (χ2n) is 8.46. The first-order valence-electron chi connectivity index (χ1n) is 10.7. The maximum absolute atomic E-state index is 13.3. The molecule has 3 aromatic rings. The van der Waals surface area contributed by atoms with Gasteiger partial charge in [-0.25, -0.2) is 9.37 Å². The summed E-state index contributed by atoms with van der Waals surface area (Å²) in [5, 5.41) is 4.90. The molecule has 164 valence electrons. The summed E-state index contributed by atoms with van der Waals surface area (Å²) in [6.45, 7) is 6.48. The Morgan fingerprint density at radius 1 is 1.23 bits per heavy atom. The Hall–Kier alpha value is -2.74. The summed E-state index contributed by atoms with van der Waals surface area (Å²) in [4.78, 5) is 32.5. The molecular weight excluding hydrogens is 415 g/mol. The van der Waals surface area contributed by atoms with Gasteiger partial charge in [0.2, 0.25) is 11.9 Å². The van der Waals surface area contributed by atoms with Crippen LogP contribution < -0.4 is 15.8 Å². The van der Waals surface area contributed by atoms with Crippen LogP contribution in [-0.2, 0) is 11.3 Å². The van der Waals surface area contributed by atoms with Crippen LogP contribution in [0.5, 0.6) is 0 Å². The van der Waals surface area contributed by atoms with Crippen molar-refractivity contribution in [1.29, 1.82) is 0 Å². The fourth-order valence-corrected chi connectivity index (χ4v) is 4.66. The number of benzene rings is 1. The number of nitrogens with one attached hydrogen (secondary N) is 1. The van der Waals surface area contributed by atoms with Crippen LogP contribution in [0.15, 0.2) is 40.5 Å². The average molecular weight is 443 g/mol. The summed E-state index contributed by atoms with van der Waals surface area (Å²) in [5.74, 6) is 0.823. The zero-order valence-electron chi connectivity index (χ0n) is 17.8. The van der Waals surface area contributed by atoms with Crippen LogP contribution in [0.25, 0.3) is 10.2 Å². The Kier molecular flexibility index (Phi) is 6.36. The van der Waals surface area contributed by atoms with Crippen molar-refractivity contribution in [2.75, 3.05) is 24.5 Å². The van der Waals surface area contributed by atoms with E-state index in [4.69, 9.17) is 4.98 Å². The van der Waals surface area contributed by atoms with Gasteiger partial charge in [0.05, 0.1) is 12.1 Å². The minimum Gasteiger partial charge on any atom is -0.356 e. The molecule has 8 heteroatoms. The predicted octanol–water partition coefficient (Wildman–Crippen LogP) is 3.63. The van der Waals surface area contributed by atoms with E-state index in [1.54, 1.807) is 16.7 Å². The molecule has 6 nitrogen and oxygen atoms in total. The molecule has 1 aliphatic rings. The molecule has 1 saturated heterocycles. The van der Waals surface area contributed by atoms with Crippen molar-refractivity contribution < 1.29 is 9.18 Å². The molecule has 1 amide bonds. The minimum absolute atomic E-state index is 0.0165. The lowest BCUT2D eigenvalue weighted by Crippen LogP contribution is -2.43. The number of hydrogen-bond acceptors (Lipinski definition) is 5. The topological polar surface area (TPSA) is 67.2 Å². The highest BCUT2D eigenvalue weighted by Gasteiger charge is 2.27. The van der Waals surface area contributed by atoms with E-state index in [9.17, 15) is 14.0 Å². The number of piperidine rings is 1. The van der Waals surface area contributed by atoms with Crippen LogP contribution in [0.3, 0.4) is 0 Å². The molecule has 0 aliphatic carbocycles. The highest BCUT2D eigenvalue weighted by Crippen LogP contribution is 2.25. The number of carbonyl (C=O) groups excluding carboxylic acids is 1. The molecule has 0 bridgehead atoms. The largest absolute Gasteiger partial charge is 0.356 e. The Bertz CT molecular complexity index is 1110. The standard InChI is InChI=1S/C23H27FN4O2S/c1-15(2)13-25-21(29)17-7-10-27(11-8-17)23-26-19-9-12-31-20(19)22(30)28(23)14-16-3-5-18(24)6-4-16/h3-6,9,12,15,17H,7-8,10-11,13-14H2,1-2H3,(H,25,29). The number of aromatic nitrogens is 2. The Balaban J connectivity index is 1.58. The SMILES string of the molecule is CC(C)CNC(=O)C1CCN(c2nc3ccsc3c(=O)n2Cc2ccc(F)cc2)CC1. The summed E-state index contributed by atoms with van der Waals surface area (Å²) in [5.41, 5.74) is 1.44. The maximum Gasteiger partial charge on any atom is 0.273 e. The van der Waals surface area contributed by atoms with Crippen molar-refractivity contribution in [2.45, 2.75) is 33.2 Å². The van der Waals surface area contributed by atoms with E-state index < -0.39 is 0 Å². The lowest BCUT2D eigenvalue weighted by atomic mass is 9.96. The summed E-state index contributed by atoms with van der Waals surface area (Å²) in [6.07, 6.45) is 1.44. The number of amides is 1. The lowest BCUT2D eigenvalue weighted by Gasteiger charge is -2.33. The van der Waals surface area contributed by atoms with Gasteiger partial charge in [0.1, 0.15) is 10.5 Å². The van der Waals surface area contributed by atoms with Gasteiger partial charge >= 0.3 is 0 Å². The van der Waals surface area contributed by atoms with Crippen molar-refractivity contribution >= 4 is 33.4 Å². The van der Waals surface area contributed by atoms with E-state index in [0.717, 1.165) is 18.4 Å². The van der Waals surface area contributed by atoms with E-state index in [0.29, 0.717) is 48.3 Å².